The molecule has 1 fully saturated rings. The smallest absolute Gasteiger partial charge is 0.325 e. The highest BCUT2D eigenvalue weighted by atomic mass is 19.3. The summed E-state index contributed by atoms with van der Waals surface area (Å²) in [4.78, 5) is 13.4. The van der Waals surface area contributed by atoms with E-state index in [0.29, 0.717) is 18.7 Å². The van der Waals surface area contributed by atoms with E-state index in [2.05, 4.69) is 5.32 Å². The van der Waals surface area contributed by atoms with Gasteiger partial charge in [0.2, 0.25) is 0 Å². The Labute approximate surface area is 116 Å². The largest absolute Gasteiger partial charge is 0.480 e. The van der Waals surface area contributed by atoms with Gasteiger partial charge in [-0.3, -0.25) is 9.69 Å². The predicted molar refractivity (Wildman–Crippen MR) is 70.8 cm³/mol. The van der Waals surface area contributed by atoms with Crippen LogP contribution >= 0.6 is 0 Å². The third-order valence-corrected chi connectivity index (χ3v) is 3.48. The zero-order valence-corrected chi connectivity index (χ0v) is 11.1. The molecule has 6 heteroatoms. The SMILES string of the molecule is O=C(O)C(c1ccc(C(F)F)cc1)N1CCCNCC1. The summed E-state index contributed by atoms with van der Waals surface area (Å²) in [7, 11) is 0. The van der Waals surface area contributed by atoms with Crippen molar-refractivity contribution in [1.82, 2.24) is 10.2 Å². The molecule has 1 aromatic carbocycles. The van der Waals surface area contributed by atoms with Gasteiger partial charge in [0.15, 0.2) is 0 Å². The van der Waals surface area contributed by atoms with E-state index < -0.39 is 18.4 Å². The van der Waals surface area contributed by atoms with Gasteiger partial charge < -0.3 is 10.4 Å². The van der Waals surface area contributed by atoms with Gasteiger partial charge in [-0.1, -0.05) is 24.3 Å². The summed E-state index contributed by atoms with van der Waals surface area (Å²) in [5.41, 5.74) is 0.458. The van der Waals surface area contributed by atoms with Crippen molar-refractivity contribution in [1.29, 1.82) is 0 Å². The number of alkyl halides is 2. The number of aliphatic carboxylic acids is 1. The number of rotatable bonds is 4. The first kappa shape index (κ1) is 14.9. The Morgan fingerprint density at radius 3 is 2.40 bits per heavy atom. The number of carbonyl (C=O) groups is 1. The number of benzene rings is 1. The molecule has 2 rings (SSSR count). The Kier molecular flexibility index (Phi) is 5.03. The molecule has 1 aromatic rings. The van der Waals surface area contributed by atoms with Gasteiger partial charge in [-0.05, 0) is 18.5 Å². The van der Waals surface area contributed by atoms with Crippen molar-refractivity contribution < 1.29 is 18.7 Å². The number of carboxylic acid groups (broad SMARTS) is 1. The van der Waals surface area contributed by atoms with Crippen LogP contribution in [0.5, 0.6) is 0 Å². The highest BCUT2D eigenvalue weighted by molar-refractivity contribution is 5.75. The van der Waals surface area contributed by atoms with Crippen LogP contribution in [-0.4, -0.2) is 42.2 Å². The molecule has 0 radical (unpaired) electrons. The van der Waals surface area contributed by atoms with E-state index in [0.717, 1.165) is 19.5 Å². The molecule has 2 N–H and O–H groups in total. The van der Waals surface area contributed by atoms with Crippen LogP contribution in [0, 0.1) is 0 Å². The van der Waals surface area contributed by atoms with Crippen LogP contribution < -0.4 is 5.32 Å². The second kappa shape index (κ2) is 6.76. The minimum atomic E-state index is -2.53. The molecular formula is C14H18F2N2O2. The molecule has 0 spiro atoms. The Balaban J connectivity index is 2.21. The first-order chi connectivity index (χ1) is 9.59. The van der Waals surface area contributed by atoms with Crippen LogP contribution in [0.3, 0.4) is 0 Å². The normalized spacial score (nSPS) is 18.8. The fraction of sp³-hybridized carbons (Fsp3) is 0.500. The zero-order valence-electron chi connectivity index (χ0n) is 11.1. The van der Waals surface area contributed by atoms with E-state index in [1.165, 1.54) is 24.3 Å². The third-order valence-electron chi connectivity index (χ3n) is 3.48. The zero-order chi connectivity index (χ0) is 14.5. The van der Waals surface area contributed by atoms with Crippen molar-refractivity contribution in [2.75, 3.05) is 26.2 Å². The highest BCUT2D eigenvalue weighted by Gasteiger charge is 2.27. The minimum absolute atomic E-state index is 0.0876. The van der Waals surface area contributed by atoms with Crippen LogP contribution in [0.4, 0.5) is 8.78 Å². The van der Waals surface area contributed by atoms with Gasteiger partial charge in [0, 0.05) is 25.2 Å². The topological polar surface area (TPSA) is 52.6 Å². The van der Waals surface area contributed by atoms with Gasteiger partial charge in [0.1, 0.15) is 6.04 Å². The number of nitrogens with one attached hydrogen (secondary N) is 1. The number of hydrogen-bond acceptors (Lipinski definition) is 3. The maximum Gasteiger partial charge on any atom is 0.325 e. The number of hydrogen-bond donors (Lipinski definition) is 2. The Hall–Kier alpha value is -1.53. The molecule has 20 heavy (non-hydrogen) atoms. The summed E-state index contributed by atoms with van der Waals surface area (Å²) < 4.78 is 25.1. The van der Waals surface area contributed by atoms with Gasteiger partial charge in [-0.2, -0.15) is 0 Å². The maximum absolute atomic E-state index is 12.5. The van der Waals surface area contributed by atoms with Crippen molar-refractivity contribution in [3.05, 3.63) is 35.4 Å². The van der Waals surface area contributed by atoms with Crippen molar-refractivity contribution in [3.8, 4) is 0 Å². The second-order valence-corrected chi connectivity index (χ2v) is 4.85. The molecule has 0 bridgehead atoms. The molecule has 1 atom stereocenters. The van der Waals surface area contributed by atoms with Crippen LogP contribution in [0.2, 0.25) is 0 Å². The minimum Gasteiger partial charge on any atom is -0.480 e. The molecule has 0 amide bonds. The molecule has 1 unspecified atom stereocenters. The lowest BCUT2D eigenvalue weighted by atomic mass is 10.0. The van der Waals surface area contributed by atoms with E-state index in [1.54, 1.807) is 0 Å². The second-order valence-electron chi connectivity index (χ2n) is 4.85. The van der Waals surface area contributed by atoms with Gasteiger partial charge in [-0.15, -0.1) is 0 Å². The summed E-state index contributed by atoms with van der Waals surface area (Å²) >= 11 is 0. The first-order valence-electron chi connectivity index (χ1n) is 6.65. The standard InChI is InChI=1S/C14H18F2N2O2/c15-13(16)11-4-2-10(3-5-11)12(14(19)20)18-8-1-6-17-7-9-18/h2-5,12-13,17H,1,6-9H2,(H,19,20). The number of nitrogens with zero attached hydrogens (tertiary/aromatic N) is 1. The fourth-order valence-corrected chi connectivity index (χ4v) is 2.46. The molecule has 0 aliphatic carbocycles. The van der Waals surface area contributed by atoms with E-state index >= 15 is 0 Å². The van der Waals surface area contributed by atoms with Gasteiger partial charge >= 0.3 is 5.97 Å². The summed E-state index contributed by atoms with van der Waals surface area (Å²) in [5, 5.41) is 12.7. The average molecular weight is 284 g/mol. The average Bonchev–Trinajstić information content (AvgIpc) is 2.68. The van der Waals surface area contributed by atoms with Crippen molar-refractivity contribution in [2.24, 2.45) is 0 Å². The van der Waals surface area contributed by atoms with Gasteiger partial charge in [-0.25, -0.2) is 8.78 Å². The lowest BCUT2D eigenvalue weighted by molar-refractivity contribution is -0.143. The molecule has 4 nitrogen and oxygen atoms in total. The quantitative estimate of drug-likeness (QED) is 0.888. The van der Waals surface area contributed by atoms with E-state index in [4.69, 9.17) is 0 Å². The molecule has 0 aromatic heterocycles. The Morgan fingerprint density at radius 2 is 1.80 bits per heavy atom. The van der Waals surface area contributed by atoms with Crippen LogP contribution in [-0.2, 0) is 4.79 Å². The predicted octanol–water partition coefficient (Wildman–Crippen LogP) is 2.05. The van der Waals surface area contributed by atoms with E-state index in [1.807, 2.05) is 4.90 Å². The highest BCUT2D eigenvalue weighted by Crippen LogP contribution is 2.25. The third kappa shape index (κ3) is 3.52. The van der Waals surface area contributed by atoms with Crippen molar-refractivity contribution >= 4 is 5.97 Å². The maximum atomic E-state index is 12.5. The molecule has 1 aliphatic rings. The Morgan fingerprint density at radius 1 is 1.15 bits per heavy atom. The first-order valence-corrected chi connectivity index (χ1v) is 6.65. The molecule has 110 valence electrons. The molecule has 0 saturated carbocycles. The van der Waals surface area contributed by atoms with E-state index in [-0.39, 0.29) is 5.56 Å². The lowest BCUT2D eigenvalue weighted by Crippen LogP contribution is -2.36. The number of halogens is 2. The van der Waals surface area contributed by atoms with Crippen molar-refractivity contribution in [2.45, 2.75) is 18.9 Å². The van der Waals surface area contributed by atoms with Crippen LogP contribution in [0.1, 0.15) is 30.0 Å². The van der Waals surface area contributed by atoms with Gasteiger partial charge in [0.05, 0.1) is 0 Å². The fourth-order valence-electron chi connectivity index (χ4n) is 2.46. The summed E-state index contributed by atoms with van der Waals surface area (Å²) in [6.45, 7) is 2.92. The van der Waals surface area contributed by atoms with Gasteiger partial charge in [0.25, 0.3) is 6.43 Å². The number of carboxylic acids is 1. The van der Waals surface area contributed by atoms with Crippen LogP contribution in [0.15, 0.2) is 24.3 Å². The monoisotopic (exact) mass is 284 g/mol. The molecule has 1 heterocycles. The Bertz CT molecular complexity index is 443. The van der Waals surface area contributed by atoms with Crippen LogP contribution in [0.25, 0.3) is 0 Å². The summed E-state index contributed by atoms with van der Waals surface area (Å²) in [5.74, 6) is -0.948. The molecule has 1 aliphatic heterocycles. The lowest BCUT2D eigenvalue weighted by Gasteiger charge is -2.27. The molecule has 1 saturated heterocycles. The summed E-state index contributed by atoms with van der Waals surface area (Å²) in [6, 6.07) is 4.79. The van der Waals surface area contributed by atoms with Crippen molar-refractivity contribution in [3.63, 3.8) is 0 Å². The summed E-state index contributed by atoms with van der Waals surface area (Å²) in [6.07, 6.45) is -1.66. The molecular weight excluding hydrogens is 266 g/mol. The van der Waals surface area contributed by atoms with E-state index in [9.17, 15) is 18.7 Å².